The molecule has 2 aromatic rings. The van der Waals surface area contributed by atoms with Crippen LogP contribution in [0.15, 0.2) is 18.2 Å². The van der Waals surface area contributed by atoms with Gasteiger partial charge in [0.15, 0.2) is 0 Å². The third-order valence-corrected chi connectivity index (χ3v) is 4.68. The molecule has 0 unspecified atom stereocenters. The van der Waals surface area contributed by atoms with Crippen LogP contribution in [0.3, 0.4) is 0 Å². The molecule has 4 rings (SSSR count). The number of hydrogen-bond donors (Lipinski definition) is 1. The Balaban J connectivity index is 2.11. The maximum Gasteiger partial charge on any atom is 0.0570 e. The van der Waals surface area contributed by atoms with Crippen molar-refractivity contribution in [2.45, 2.75) is 25.8 Å². The molecule has 1 aromatic carbocycles. The molecule has 0 fully saturated rings. The Morgan fingerprint density at radius 2 is 2.00 bits per heavy atom. The Bertz CT molecular complexity index is 654. The first kappa shape index (κ1) is 10.7. The van der Waals surface area contributed by atoms with Crippen LogP contribution in [-0.4, -0.2) is 22.5 Å². The van der Waals surface area contributed by atoms with Gasteiger partial charge in [-0.2, -0.15) is 0 Å². The molecule has 2 aliphatic heterocycles. The minimum Gasteiger partial charge on any atom is -0.343 e. The average molecular weight is 256 g/mol. The highest BCUT2D eigenvalue weighted by atomic mass is 32.1. The molecule has 0 amide bonds. The number of aromatic nitrogens is 1. The van der Waals surface area contributed by atoms with Gasteiger partial charge in [-0.15, -0.1) is 0 Å². The summed E-state index contributed by atoms with van der Waals surface area (Å²) in [5, 5.41) is 4.94. The number of para-hydroxylation sites is 1. The Morgan fingerprint density at radius 1 is 1.11 bits per heavy atom. The first-order valence-corrected chi connectivity index (χ1v) is 7.14. The molecule has 0 bridgehead atoms. The second kappa shape index (κ2) is 3.90. The van der Waals surface area contributed by atoms with Gasteiger partial charge in [-0.1, -0.05) is 30.4 Å². The van der Waals surface area contributed by atoms with Gasteiger partial charge in [-0.25, -0.2) is 0 Å². The highest BCUT2D eigenvalue weighted by Crippen LogP contribution is 2.34. The van der Waals surface area contributed by atoms with Gasteiger partial charge in [0.1, 0.15) is 0 Å². The van der Waals surface area contributed by atoms with Crippen molar-refractivity contribution in [2.24, 2.45) is 0 Å². The van der Waals surface area contributed by atoms with Crippen LogP contribution in [0.25, 0.3) is 10.9 Å². The molecule has 3 heteroatoms. The van der Waals surface area contributed by atoms with Crippen molar-refractivity contribution in [3.63, 3.8) is 0 Å². The average Bonchev–Trinajstić information content (AvgIpc) is 2.57. The molecule has 0 radical (unpaired) electrons. The van der Waals surface area contributed by atoms with Crippen molar-refractivity contribution in [1.29, 1.82) is 0 Å². The third kappa shape index (κ3) is 1.35. The van der Waals surface area contributed by atoms with E-state index < -0.39 is 0 Å². The summed E-state index contributed by atoms with van der Waals surface area (Å²) >= 11 is 5.54. The summed E-state index contributed by atoms with van der Waals surface area (Å²) in [6.45, 7) is 3.27. The summed E-state index contributed by atoms with van der Waals surface area (Å²) in [5.74, 6) is 0. The molecule has 0 spiro atoms. The zero-order valence-corrected chi connectivity index (χ0v) is 11.1. The Labute approximate surface area is 112 Å². The minimum absolute atomic E-state index is 1.02. The molecule has 0 aliphatic carbocycles. The molecule has 1 aromatic heterocycles. The van der Waals surface area contributed by atoms with Gasteiger partial charge < -0.3 is 9.88 Å². The van der Waals surface area contributed by atoms with Crippen LogP contribution in [0.1, 0.15) is 23.2 Å². The topological polar surface area (TPSA) is 17.0 Å². The van der Waals surface area contributed by atoms with E-state index in [1.807, 2.05) is 0 Å². The second-order valence-corrected chi connectivity index (χ2v) is 5.69. The molecular formula is C15H16N2S. The fourth-order valence-corrected chi connectivity index (χ4v) is 3.72. The van der Waals surface area contributed by atoms with Crippen LogP contribution >= 0.6 is 12.2 Å². The molecule has 1 N–H and O–H groups in total. The highest BCUT2D eigenvalue weighted by molar-refractivity contribution is 7.80. The van der Waals surface area contributed by atoms with Crippen LogP contribution in [0, 0.1) is 0 Å². The first-order chi connectivity index (χ1) is 8.86. The molecular weight excluding hydrogens is 240 g/mol. The summed E-state index contributed by atoms with van der Waals surface area (Å²) in [7, 11) is 0. The van der Waals surface area contributed by atoms with Gasteiger partial charge in [-0.05, 0) is 18.5 Å². The Morgan fingerprint density at radius 3 is 2.94 bits per heavy atom. The van der Waals surface area contributed by atoms with E-state index in [0.717, 1.165) is 43.8 Å². The SMILES string of the molecule is S=C1CCn2c3c(c4cccc1c42)CCNCC3. The largest absolute Gasteiger partial charge is 0.343 e. The standard InChI is InChI=1S/C15H16N2S/c18-14-6-9-17-13-5-8-16-7-4-10(13)11-2-1-3-12(14)15(11)17/h1-3,16H,4-9H2. The van der Waals surface area contributed by atoms with Crippen LogP contribution in [0.2, 0.25) is 0 Å². The van der Waals surface area contributed by atoms with Crippen molar-refractivity contribution in [3.05, 3.63) is 35.0 Å². The zero-order valence-electron chi connectivity index (χ0n) is 10.3. The maximum absolute atomic E-state index is 5.54. The van der Waals surface area contributed by atoms with E-state index in [0.29, 0.717) is 0 Å². The molecule has 2 aliphatic rings. The molecule has 0 saturated carbocycles. The fourth-order valence-electron chi connectivity index (χ4n) is 3.46. The van der Waals surface area contributed by atoms with Crippen molar-refractivity contribution in [1.82, 2.24) is 9.88 Å². The number of aryl methyl sites for hydroxylation is 1. The summed E-state index contributed by atoms with van der Waals surface area (Å²) in [6, 6.07) is 6.63. The zero-order chi connectivity index (χ0) is 12.1. The normalized spacial score (nSPS) is 18.8. The van der Waals surface area contributed by atoms with E-state index in [1.54, 1.807) is 11.3 Å². The van der Waals surface area contributed by atoms with Crippen LogP contribution in [0.5, 0.6) is 0 Å². The molecule has 92 valence electrons. The van der Waals surface area contributed by atoms with Gasteiger partial charge in [-0.3, -0.25) is 0 Å². The monoisotopic (exact) mass is 256 g/mol. The summed E-state index contributed by atoms with van der Waals surface area (Å²) in [6.07, 6.45) is 3.32. The lowest BCUT2D eigenvalue weighted by Crippen LogP contribution is -2.19. The molecule has 2 nitrogen and oxygen atoms in total. The predicted molar refractivity (Wildman–Crippen MR) is 78.5 cm³/mol. The molecule has 3 heterocycles. The predicted octanol–water partition coefficient (Wildman–Crippen LogP) is 2.45. The van der Waals surface area contributed by atoms with Crippen LogP contribution in [0.4, 0.5) is 0 Å². The van der Waals surface area contributed by atoms with Crippen molar-refractivity contribution >= 4 is 28.0 Å². The minimum atomic E-state index is 1.02. The van der Waals surface area contributed by atoms with Crippen molar-refractivity contribution < 1.29 is 0 Å². The lowest BCUT2D eigenvalue weighted by Gasteiger charge is -2.18. The van der Waals surface area contributed by atoms with E-state index in [-0.39, 0.29) is 0 Å². The number of rotatable bonds is 0. The van der Waals surface area contributed by atoms with Crippen molar-refractivity contribution in [2.75, 3.05) is 13.1 Å². The molecule has 0 saturated heterocycles. The van der Waals surface area contributed by atoms with E-state index >= 15 is 0 Å². The quantitative estimate of drug-likeness (QED) is 0.729. The Kier molecular flexibility index (Phi) is 2.32. The fraction of sp³-hybridized carbons (Fsp3) is 0.400. The van der Waals surface area contributed by atoms with E-state index in [9.17, 15) is 0 Å². The lowest BCUT2D eigenvalue weighted by atomic mass is 10.0. The summed E-state index contributed by atoms with van der Waals surface area (Å²) in [5.41, 5.74) is 5.81. The highest BCUT2D eigenvalue weighted by Gasteiger charge is 2.24. The van der Waals surface area contributed by atoms with E-state index in [1.165, 1.54) is 16.5 Å². The maximum atomic E-state index is 5.54. The number of thiocarbonyl (C=S) groups is 1. The van der Waals surface area contributed by atoms with Gasteiger partial charge >= 0.3 is 0 Å². The van der Waals surface area contributed by atoms with E-state index in [2.05, 4.69) is 28.1 Å². The lowest BCUT2D eigenvalue weighted by molar-refractivity contribution is 0.669. The number of nitrogens with one attached hydrogen (secondary N) is 1. The van der Waals surface area contributed by atoms with Gasteiger partial charge in [0.2, 0.25) is 0 Å². The van der Waals surface area contributed by atoms with Crippen LogP contribution < -0.4 is 5.32 Å². The molecule has 18 heavy (non-hydrogen) atoms. The number of benzene rings is 1. The van der Waals surface area contributed by atoms with Crippen LogP contribution in [-0.2, 0) is 19.4 Å². The smallest absolute Gasteiger partial charge is 0.0570 e. The van der Waals surface area contributed by atoms with Gasteiger partial charge in [0.05, 0.1) is 5.52 Å². The third-order valence-electron chi connectivity index (χ3n) is 4.26. The van der Waals surface area contributed by atoms with Gasteiger partial charge in [0, 0.05) is 47.4 Å². The summed E-state index contributed by atoms with van der Waals surface area (Å²) < 4.78 is 2.53. The molecule has 0 atom stereocenters. The summed E-state index contributed by atoms with van der Waals surface area (Å²) in [4.78, 5) is 1.14. The second-order valence-electron chi connectivity index (χ2n) is 5.20. The van der Waals surface area contributed by atoms with E-state index in [4.69, 9.17) is 12.2 Å². The first-order valence-electron chi connectivity index (χ1n) is 6.73. The number of fused-ring (bicyclic) bond motifs is 3. The number of hydrogen-bond acceptors (Lipinski definition) is 2. The Hall–Kier alpha value is -1.19. The number of nitrogens with zero attached hydrogens (tertiary/aromatic N) is 1. The van der Waals surface area contributed by atoms with Gasteiger partial charge in [0.25, 0.3) is 0 Å². The van der Waals surface area contributed by atoms with Crippen molar-refractivity contribution in [3.8, 4) is 0 Å².